The molecule has 29 heavy (non-hydrogen) atoms. The van der Waals surface area contributed by atoms with E-state index in [-0.39, 0.29) is 24.0 Å². The summed E-state index contributed by atoms with van der Waals surface area (Å²) in [5.41, 5.74) is 1.03. The molecule has 1 aromatic carbocycles. The maximum atomic E-state index is 12.9. The predicted octanol–water partition coefficient (Wildman–Crippen LogP) is 2.99. The van der Waals surface area contributed by atoms with Gasteiger partial charge in [-0.05, 0) is 32.8 Å². The zero-order chi connectivity index (χ0) is 20.4. The van der Waals surface area contributed by atoms with Gasteiger partial charge >= 0.3 is 0 Å². The zero-order valence-electron chi connectivity index (χ0n) is 17.2. The van der Waals surface area contributed by atoms with Gasteiger partial charge in [0.2, 0.25) is 11.8 Å². The van der Waals surface area contributed by atoms with Crippen LogP contribution in [0.5, 0.6) is 0 Å². The fourth-order valence-electron chi connectivity index (χ4n) is 4.28. The first kappa shape index (κ1) is 20.3. The van der Waals surface area contributed by atoms with E-state index in [1.54, 1.807) is 11.8 Å². The van der Waals surface area contributed by atoms with Crippen LogP contribution in [0.4, 0.5) is 0 Å². The van der Waals surface area contributed by atoms with Crippen LogP contribution in [0.25, 0.3) is 10.9 Å². The predicted molar refractivity (Wildman–Crippen MR) is 115 cm³/mol. The van der Waals surface area contributed by atoms with Crippen molar-refractivity contribution in [1.29, 1.82) is 0 Å². The van der Waals surface area contributed by atoms with Gasteiger partial charge < -0.3 is 19.1 Å². The Bertz CT molecular complexity index is 881. The molecule has 1 aromatic heterocycles. The first-order valence-electron chi connectivity index (χ1n) is 10.4. The Morgan fingerprint density at radius 2 is 1.72 bits per heavy atom. The van der Waals surface area contributed by atoms with Gasteiger partial charge in [-0.15, -0.1) is 11.8 Å². The molecular formula is C22H29N3O3S. The van der Waals surface area contributed by atoms with Gasteiger partial charge in [0.1, 0.15) is 6.54 Å². The lowest BCUT2D eigenvalue weighted by Crippen LogP contribution is -2.49. The van der Waals surface area contributed by atoms with Crippen LogP contribution >= 0.6 is 11.8 Å². The molecule has 2 saturated heterocycles. The summed E-state index contributed by atoms with van der Waals surface area (Å²) < 4.78 is 7.77. The lowest BCUT2D eigenvalue weighted by molar-refractivity contribution is -0.143. The number of likely N-dealkylation sites (tertiary alicyclic amines) is 1. The summed E-state index contributed by atoms with van der Waals surface area (Å²) in [6.45, 7) is 7.35. The normalized spacial score (nSPS) is 22.4. The fraction of sp³-hybridized carbons (Fsp3) is 0.545. The average Bonchev–Trinajstić information content (AvgIpc) is 3.34. The van der Waals surface area contributed by atoms with Crippen LogP contribution in [0.2, 0.25) is 0 Å². The van der Waals surface area contributed by atoms with Crippen LogP contribution in [-0.4, -0.2) is 70.3 Å². The Kier molecular flexibility index (Phi) is 6.15. The molecule has 2 unspecified atom stereocenters. The molecule has 2 aliphatic heterocycles. The number of carbonyl (C=O) groups is 2. The molecule has 2 atom stereocenters. The second kappa shape index (κ2) is 8.79. The Morgan fingerprint density at radius 1 is 1.03 bits per heavy atom. The maximum absolute atomic E-state index is 12.9. The summed E-state index contributed by atoms with van der Waals surface area (Å²) in [7, 11) is 0. The van der Waals surface area contributed by atoms with Crippen molar-refractivity contribution in [3.63, 3.8) is 0 Å². The molecule has 0 aliphatic carbocycles. The van der Waals surface area contributed by atoms with Crippen molar-refractivity contribution in [1.82, 2.24) is 14.4 Å². The second-order valence-corrected chi connectivity index (χ2v) is 9.09. The van der Waals surface area contributed by atoms with Gasteiger partial charge in [0.05, 0.1) is 18.0 Å². The molecule has 0 radical (unpaired) electrons. The van der Waals surface area contributed by atoms with Crippen LogP contribution in [0.15, 0.2) is 35.4 Å². The highest BCUT2D eigenvalue weighted by Crippen LogP contribution is 2.30. The highest BCUT2D eigenvalue weighted by Gasteiger charge is 2.26. The molecule has 2 aromatic rings. The standard InChI is InChI=1S/C22H29N3O3S/c1-16-11-25(12-17(2)28-16)21(26)14-24-13-20(18-7-3-4-8-19(18)24)29-15-22(27)23-9-5-6-10-23/h3-4,7-8,13,16-17H,5-6,9-12,14-15H2,1-2H3. The number of aromatic nitrogens is 1. The van der Waals surface area contributed by atoms with Crippen LogP contribution in [-0.2, 0) is 20.9 Å². The van der Waals surface area contributed by atoms with Crippen LogP contribution in [0, 0.1) is 0 Å². The van der Waals surface area contributed by atoms with E-state index in [2.05, 4.69) is 6.07 Å². The van der Waals surface area contributed by atoms with E-state index in [4.69, 9.17) is 4.74 Å². The minimum Gasteiger partial charge on any atom is -0.372 e. The third-order valence-electron chi connectivity index (χ3n) is 5.64. The van der Waals surface area contributed by atoms with E-state index in [1.165, 1.54) is 0 Å². The number of rotatable bonds is 5. The molecule has 0 N–H and O–H groups in total. The molecule has 0 saturated carbocycles. The highest BCUT2D eigenvalue weighted by molar-refractivity contribution is 8.00. The van der Waals surface area contributed by atoms with E-state index in [0.717, 1.165) is 41.7 Å². The lowest BCUT2D eigenvalue weighted by atomic mass is 10.2. The molecule has 2 aliphatic rings. The highest BCUT2D eigenvalue weighted by atomic mass is 32.2. The molecule has 6 nitrogen and oxygen atoms in total. The van der Waals surface area contributed by atoms with Crippen molar-refractivity contribution in [2.75, 3.05) is 31.9 Å². The van der Waals surface area contributed by atoms with E-state index < -0.39 is 0 Å². The number of benzene rings is 1. The van der Waals surface area contributed by atoms with Crippen molar-refractivity contribution in [3.8, 4) is 0 Å². The topological polar surface area (TPSA) is 54.8 Å². The van der Waals surface area contributed by atoms with Crippen LogP contribution < -0.4 is 0 Å². The molecular weight excluding hydrogens is 386 g/mol. The number of para-hydroxylation sites is 1. The van der Waals surface area contributed by atoms with Crippen molar-refractivity contribution in [2.45, 2.75) is 50.3 Å². The summed E-state index contributed by atoms with van der Waals surface area (Å²) in [4.78, 5) is 30.3. The number of fused-ring (bicyclic) bond motifs is 1. The van der Waals surface area contributed by atoms with Gasteiger partial charge in [0.25, 0.3) is 0 Å². The smallest absolute Gasteiger partial charge is 0.242 e. The van der Waals surface area contributed by atoms with E-state index in [1.807, 2.05) is 52.6 Å². The number of carbonyl (C=O) groups excluding carboxylic acids is 2. The molecule has 0 spiro atoms. The third-order valence-corrected chi connectivity index (χ3v) is 6.67. The largest absolute Gasteiger partial charge is 0.372 e. The number of hydrogen-bond acceptors (Lipinski definition) is 4. The number of ether oxygens (including phenoxy) is 1. The van der Waals surface area contributed by atoms with E-state index in [9.17, 15) is 9.59 Å². The molecule has 3 heterocycles. The van der Waals surface area contributed by atoms with Gasteiger partial charge in [0, 0.05) is 48.2 Å². The first-order valence-corrected chi connectivity index (χ1v) is 11.4. The molecule has 2 amide bonds. The molecule has 0 bridgehead atoms. The first-order chi connectivity index (χ1) is 14.0. The quantitative estimate of drug-likeness (QED) is 0.705. The lowest BCUT2D eigenvalue weighted by Gasteiger charge is -2.35. The summed E-state index contributed by atoms with van der Waals surface area (Å²) in [6.07, 6.45) is 4.36. The van der Waals surface area contributed by atoms with Crippen molar-refractivity contribution < 1.29 is 14.3 Å². The fourth-order valence-corrected chi connectivity index (χ4v) is 5.27. The van der Waals surface area contributed by atoms with Gasteiger partial charge in [-0.2, -0.15) is 0 Å². The van der Waals surface area contributed by atoms with Gasteiger partial charge in [0.15, 0.2) is 0 Å². The molecule has 7 heteroatoms. The second-order valence-electron chi connectivity index (χ2n) is 8.07. The number of amides is 2. The zero-order valence-corrected chi connectivity index (χ0v) is 18.0. The van der Waals surface area contributed by atoms with Crippen LogP contribution in [0.1, 0.15) is 26.7 Å². The molecule has 156 valence electrons. The van der Waals surface area contributed by atoms with Gasteiger partial charge in [-0.25, -0.2) is 0 Å². The van der Waals surface area contributed by atoms with E-state index >= 15 is 0 Å². The van der Waals surface area contributed by atoms with Crippen molar-refractivity contribution in [3.05, 3.63) is 30.5 Å². The Labute approximate surface area is 176 Å². The van der Waals surface area contributed by atoms with Gasteiger partial charge in [-0.1, -0.05) is 18.2 Å². The van der Waals surface area contributed by atoms with Crippen molar-refractivity contribution >= 4 is 34.5 Å². The minimum atomic E-state index is 0.0619. The maximum Gasteiger partial charge on any atom is 0.242 e. The summed E-state index contributed by atoms with van der Waals surface area (Å²) in [5, 5.41) is 1.10. The number of thioether (sulfide) groups is 1. The monoisotopic (exact) mass is 415 g/mol. The summed E-state index contributed by atoms with van der Waals surface area (Å²) in [6, 6.07) is 8.11. The minimum absolute atomic E-state index is 0.0619. The Morgan fingerprint density at radius 3 is 2.45 bits per heavy atom. The number of hydrogen-bond donors (Lipinski definition) is 0. The third kappa shape index (κ3) is 4.61. The number of nitrogens with zero attached hydrogens (tertiary/aromatic N) is 3. The van der Waals surface area contributed by atoms with E-state index in [0.29, 0.717) is 25.4 Å². The van der Waals surface area contributed by atoms with Gasteiger partial charge in [-0.3, -0.25) is 9.59 Å². The Hall–Kier alpha value is -1.99. The summed E-state index contributed by atoms with van der Waals surface area (Å²) >= 11 is 1.57. The SMILES string of the molecule is CC1CN(C(=O)Cn2cc(SCC(=O)N3CCCC3)c3ccccc32)CC(C)O1. The summed E-state index contributed by atoms with van der Waals surface area (Å²) in [5.74, 6) is 0.759. The van der Waals surface area contributed by atoms with Crippen LogP contribution in [0.3, 0.4) is 0 Å². The Balaban J connectivity index is 1.48. The average molecular weight is 416 g/mol. The number of morpholine rings is 1. The van der Waals surface area contributed by atoms with Crippen molar-refractivity contribution in [2.24, 2.45) is 0 Å². The molecule has 2 fully saturated rings. The molecule has 4 rings (SSSR count).